The summed E-state index contributed by atoms with van der Waals surface area (Å²) in [5, 5.41) is 4.16. The molecule has 1 atom stereocenters. The maximum absolute atomic E-state index is 5.56. The van der Waals surface area contributed by atoms with Gasteiger partial charge in [-0.1, -0.05) is 0 Å². The van der Waals surface area contributed by atoms with E-state index in [1.54, 1.807) is 0 Å². The lowest BCUT2D eigenvalue weighted by molar-refractivity contribution is 0.0454. The van der Waals surface area contributed by atoms with Crippen molar-refractivity contribution < 1.29 is 4.74 Å². The quantitative estimate of drug-likeness (QED) is 0.681. The van der Waals surface area contributed by atoms with Crippen molar-refractivity contribution in [3.63, 3.8) is 0 Å². The normalized spacial score (nSPS) is 23.2. The summed E-state index contributed by atoms with van der Waals surface area (Å²) in [6, 6.07) is 1.86. The number of nitrogen functional groups attached to an aromatic ring is 1. The Morgan fingerprint density at radius 1 is 1.75 bits per heavy atom. The van der Waals surface area contributed by atoms with Crippen LogP contribution in [-0.2, 0) is 4.74 Å². The Bertz CT molecular complexity index is 276. The van der Waals surface area contributed by atoms with Crippen LogP contribution in [0.5, 0.6) is 0 Å². The molecule has 0 bridgehead atoms. The summed E-state index contributed by atoms with van der Waals surface area (Å²) in [7, 11) is 0. The van der Waals surface area contributed by atoms with Gasteiger partial charge in [0.25, 0.3) is 0 Å². The van der Waals surface area contributed by atoms with Crippen LogP contribution in [-0.4, -0.2) is 16.4 Å². The standard InChI is InChI=1S/C8H13N3O/c1-6-5-7(9)10-11(6)8-3-2-4-12-8/h5,8H,2-4H2,1H3,(H2,9,10). The zero-order valence-electron chi connectivity index (χ0n) is 7.16. The second kappa shape index (κ2) is 2.79. The molecule has 0 spiro atoms. The molecule has 2 heterocycles. The fourth-order valence-electron chi connectivity index (χ4n) is 1.56. The lowest BCUT2D eigenvalue weighted by Gasteiger charge is -2.11. The first-order valence-corrected chi connectivity index (χ1v) is 4.20. The van der Waals surface area contributed by atoms with E-state index in [0.717, 1.165) is 25.1 Å². The third kappa shape index (κ3) is 1.18. The molecule has 0 saturated carbocycles. The molecule has 1 aliphatic rings. The van der Waals surface area contributed by atoms with Crippen molar-refractivity contribution >= 4 is 5.82 Å². The maximum Gasteiger partial charge on any atom is 0.150 e. The Morgan fingerprint density at radius 2 is 2.58 bits per heavy atom. The molecular weight excluding hydrogens is 154 g/mol. The van der Waals surface area contributed by atoms with E-state index < -0.39 is 0 Å². The molecule has 2 rings (SSSR count). The zero-order valence-corrected chi connectivity index (χ0v) is 7.16. The molecule has 4 heteroatoms. The van der Waals surface area contributed by atoms with Crippen LogP contribution in [0.15, 0.2) is 6.07 Å². The fourth-order valence-corrected chi connectivity index (χ4v) is 1.56. The van der Waals surface area contributed by atoms with Crippen molar-refractivity contribution in [2.45, 2.75) is 26.0 Å². The number of hydrogen-bond donors (Lipinski definition) is 1. The first-order chi connectivity index (χ1) is 5.77. The van der Waals surface area contributed by atoms with E-state index in [0.29, 0.717) is 5.82 Å². The molecule has 1 unspecified atom stereocenters. The van der Waals surface area contributed by atoms with Gasteiger partial charge >= 0.3 is 0 Å². The summed E-state index contributed by atoms with van der Waals surface area (Å²) in [4.78, 5) is 0. The summed E-state index contributed by atoms with van der Waals surface area (Å²) in [5.41, 5.74) is 6.63. The number of ether oxygens (including phenoxy) is 1. The molecule has 4 nitrogen and oxygen atoms in total. The smallest absolute Gasteiger partial charge is 0.150 e. The van der Waals surface area contributed by atoms with Crippen molar-refractivity contribution in [3.8, 4) is 0 Å². The van der Waals surface area contributed by atoms with Gasteiger partial charge in [0.2, 0.25) is 0 Å². The van der Waals surface area contributed by atoms with Crippen LogP contribution < -0.4 is 5.73 Å². The zero-order chi connectivity index (χ0) is 8.55. The molecular formula is C8H13N3O. The molecule has 2 N–H and O–H groups in total. The van der Waals surface area contributed by atoms with Crippen molar-refractivity contribution in [2.24, 2.45) is 0 Å². The van der Waals surface area contributed by atoms with E-state index in [1.807, 2.05) is 17.7 Å². The molecule has 0 aliphatic carbocycles. The largest absolute Gasteiger partial charge is 0.382 e. The van der Waals surface area contributed by atoms with Crippen LogP contribution in [0.3, 0.4) is 0 Å². The van der Waals surface area contributed by atoms with E-state index in [4.69, 9.17) is 10.5 Å². The van der Waals surface area contributed by atoms with Gasteiger partial charge in [-0.15, -0.1) is 0 Å². The Morgan fingerprint density at radius 3 is 3.08 bits per heavy atom. The molecule has 1 aromatic rings. The monoisotopic (exact) mass is 167 g/mol. The highest BCUT2D eigenvalue weighted by Gasteiger charge is 2.19. The Labute approximate surface area is 71.3 Å². The van der Waals surface area contributed by atoms with Crippen LogP contribution in [0.2, 0.25) is 0 Å². The first kappa shape index (κ1) is 7.61. The molecule has 66 valence electrons. The van der Waals surface area contributed by atoms with Gasteiger partial charge in [-0.3, -0.25) is 0 Å². The van der Waals surface area contributed by atoms with Gasteiger partial charge in [0.05, 0.1) is 0 Å². The average Bonchev–Trinajstić information content (AvgIpc) is 2.58. The summed E-state index contributed by atoms with van der Waals surface area (Å²) in [6.45, 7) is 2.83. The first-order valence-electron chi connectivity index (χ1n) is 4.20. The highest BCUT2D eigenvalue weighted by molar-refractivity contribution is 5.28. The van der Waals surface area contributed by atoms with Gasteiger partial charge in [0.1, 0.15) is 5.82 Å². The molecule has 1 fully saturated rings. The van der Waals surface area contributed by atoms with E-state index in [9.17, 15) is 0 Å². The predicted molar refractivity (Wildman–Crippen MR) is 45.6 cm³/mol. The second-order valence-electron chi connectivity index (χ2n) is 3.12. The van der Waals surface area contributed by atoms with Crippen LogP contribution in [0.25, 0.3) is 0 Å². The van der Waals surface area contributed by atoms with E-state index in [1.165, 1.54) is 0 Å². The van der Waals surface area contributed by atoms with Gasteiger partial charge < -0.3 is 10.5 Å². The summed E-state index contributed by atoms with van der Waals surface area (Å²) in [5.74, 6) is 0.572. The van der Waals surface area contributed by atoms with Crippen molar-refractivity contribution in [3.05, 3.63) is 11.8 Å². The molecule has 0 aromatic carbocycles. The minimum absolute atomic E-state index is 0.113. The van der Waals surface area contributed by atoms with Gasteiger partial charge in [-0.05, 0) is 19.8 Å². The number of aryl methyl sites for hydroxylation is 1. The van der Waals surface area contributed by atoms with Crippen LogP contribution >= 0.6 is 0 Å². The van der Waals surface area contributed by atoms with Crippen LogP contribution in [0.1, 0.15) is 24.8 Å². The summed E-state index contributed by atoms with van der Waals surface area (Å²) >= 11 is 0. The predicted octanol–water partition coefficient (Wildman–Crippen LogP) is 1.08. The van der Waals surface area contributed by atoms with Gasteiger partial charge in [0.15, 0.2) is 6.23 Å². The number of aromatic nitrogens is 2. The van der Waals surface area contributed by atoms with Crippen molar-refractivity contribution in [1.29, 1.82) is 0 Å². The highest BCUT2D eigenvalue weighted by Crippen LogP contribution is 2.24. The number of anilines is 1. The minimum atomic E-state index is 0.113. The van der Waals surface area contributed by atoms with E-state index in [2.05, 4.69) is 5.10 Å². The molecule has 0 amide bonds. The Balaban J connectivity index is 2.25. The Hall–Kier alpha value is -1.03. The third-order valence-corrected chi connectivity index (χ3v) is 2.12. The molecule has 0 radical (unpaired) electrons. The third-order valence-electron chi connectivity index (χ3n) is 2.12. The lowest BCUT2D eigenvalue weighted by Crippen LogP contribution is -2.10. The SMILES string of the molecule is Cc1cc(N)nn1C1CCCO1. The fraction of sp³-hybridized carbons (Fsp3) is 0.625. The van der Waals surface area contributed by atoms with Gasteiger partial charge in [-0.2, -0.15) is 5.10 Å². The number of nitrogens with two attached hydrogens (primary N) is 1. The van der Waals surface area contributed by atoms with Gasteiger partial charge in [0, 0.05) is 18.4 Å². The Kier molecular flexibility index (Phi) is 1.77. The number of hydrogen-bond acceptors (Lipinski definition) is 3. The number of rotatable bonds is 1. The van der Waals surface area contributed by atoms with Crippen molar-refractivity contribution in [1.82, 2.24) is 9.78 Å². The molecule has 1 aromatic heterocycles. The lowest BCUT2D eigenvalue weighted by atomic mass is 10.3. The molecule has 1 aliphatic heterocycles. The van der Waals surface area contributed by atoms with E-state index >= 15 is 0 Å². The minimum Gasteiger partial charge on any atom is -0.382 e. The molecule has 1 saturated heterocycles. The maximum atomic E-state index is 5.56. The highest BCUT2D eigenvalue weighted by atomic mass is 16.5. The summed E-state index contributed by atoms with van der Waals surface area (Å²) in [6.07, 6.45) is 2.27. The van der Waals surface area contributed by atoms with Crippen LogP contribution in [0.4, 0.5) is 5.82 Å². The second-order valence-corrected chi connectivity index (χ2v) is 3.12. The molecule has 12 heavy (non-hydrogen) atoms. The van der Waals surface area contributed by atoms with Crippen molar-refractivity contribution in [2.75, 3.05) is 12.3 Å². The van der Waals surface area contributed by atoms with E-state index in [-0.39, 0.29) is 6.23 Å². The summed E-state index contributed by atoms with van der Waals surface area (Å²) < 4.78 is 7.34. The van der Waals surface area contributed by atoms with Gasteiger partial charge in [-0.25, -0.2) is 4.68 Å². The average molecular weight is 167 g/mol. The topological polar surface area (TPSA) is 53.1 Å². The van der Waals surface area contributed by atoms with Crippen LogP contribution in [0, 0.1) is 6.92 Å². The number of nitrogens with zero attached hydrogens (tertiary/aromatic N) is 2.